The van der Waals surface area contributed by atoms with Gasteiger partial charge in [0.2, 0.25) is 0 Å². The standard InChI is InChI=1S/C13H14N2O2/c1-9-3-5-10(6-4-9)13-11(8-14-15-13)7-12(16)17-2/h3-6,8,13H,7H2,1-2H3. The van der Waals surface area contributed by atoms with Crippen molar-refractivity contribution in [2.24, 2.45) is 10.2 Å². The quantitative estimate of drug-likeness (QED) is 0.749. The first-order valence-electron chi connectivity index (χ1n) is 5.43. The molecule has 1 heterocycles. The van der Waals surface area contributed by atoms with Gasteiger partial charge in [0.05, 0.1) is 19.7 Å². The van der Waals surface area contributed by atoms with Gasteiger partial charge in [-0.05, 0) is 18.1 Å². The van der Waals surface area contributed by atoms with E-state index in [0.29, 0.717) is 0 Å². The zero-order valence-electron chi connectivity index (χ0n) is 9.88. The molecule has 0 aromatic heterocycles. The maximum absolute atomic E-state index is 11.3. The molecular formula is C13H14N2O2. The third-order valence-electron chi connectivity index (χ3n) is 2.73. The van der Waals surface area contributed by atoms with E-state index in [1.807, 2.05) is 31.2 Å². The van der Waals surface area contributed by atoms with Gasteiger partial charge < -0.3 is 4.74 Å². The van der Waals surface area contributed by atoms with Crippen LogP contribution in [0.1, 0.15) is 23.6 Å². The molecule has 1 unspecified atom stereocenters. The Kier molecular flexibility index (Phi) is 3.32. The van der Waals surface area contributed by atoms with E-state index in [0.717, 1.165) is 11.1 Å². The van der Waals surface area contributed by atoms with Crippen LogP contribution in [0.3, 0.4) is 0 Å². The number of aryl methyl sites for hydroxylation is 1. The van der Waals surface area contributed by atoms with Crippen LogP contribution in [0.15, 0.2) is 46.3 Å². The SMILES string of the molecule is COC(=O)CC1=CN=NC1c1ccc(C)cc1. The Morgan fingerprint density at radius 2 is 2.06 bits per heavy atom. The van der Waals surface area contributed by atoms with Gasteiger partial charge in [0.15, 0.2) is 0 Å². The van der Waals surface area contributed by atoms with E-state index in [4.69, 9.17) is 0 Å². The number of hydrogen-bond donors (Lipinski definition) is 0. The summed E-state index contributed by atoms with van der Waals surface area (Å²) in [6.45, 7) is 2.03. The van der Waals surface area contributed by atoms with Crippen LogP contribution >= 0.6 is 0 Å². The van der Waals surface area contributed by atoms with Crippen molar-refractivity contribution < 1.29 is 9.53 Å². The maximum atomic E-state index is 11.3. The van der Waals surface area contributed by atoms with Crippen molar-refractivity contribution in [3.05, 3.63) is 47.2 Å². The predicted octanol–water partition coefficient (Wildman–Crippen LogP) is 2.95. The molecule has 0 radical (unpaired) electrons. The second-order valence-corrected chi connectivity index (χ2v) is 4.00. The highest BCUT2D eigenvalue weighted by Crippen LogP contribution is 2.32. The molecule has 0 N–H and O–H groups in total. The van der Waals surface area contributed by atoms with Crippen molar-refractivity contribution in [3.63, 3.8) is 0 Å². The van der Waals surface area contributed by atoms with Crippen LogP contribution in [0.2, 0.25) is 0 Å². The summed E-state index contributed by atoms with van der Waals surface area (Å²) in [6.07, 6.45) is 1.88. The molecule has 1 aliphatic heterocycles. The molecule has 1 aromatic rings. The Hall–Kier alpha value is -1.97. The third-order valence-corrected chi connectivity index (χ3v) is 2.73. The largest absolute Gasteiger partial charge is 0.469 e. The Morgan fingerprint density at radius 1 is 1.35 bits per heavy atom. The summed E-state index contributed by atoms with van der Waals surface area (Å²) in [5.74, 6) is -0.263. The van der Waals surface area contributed by atoms with Gasteiger partial charge in [0.25, 0.3) is 0 Å². The fourth-order valence-electron chi connectivity index (χ4n) is 1.73. The number of carbonyl (C=O) groups is 1. The summed E-state index contributed by atoms with van der Waals surface area (Å²) in [7, 11) is 1.38. The summed E-state index contributed by atoms with van der Waals surface area (Å²) in [4.78, 5) is 11.3. The number of carbonyl (C=O) groups excluding carboxylic acids is 1. The average Bonchev–Trinajstić information content (AvgIpc) is 2.78. The Labute approximate surface area is 100 Å². The molecule has 4 nitrogen and oxygen atoms in total. The minimum absolute atomic E-state index is 0.144. The van der Waals surface area contributed by atoms with Gasteiger partial charge in [-0.2, -0.15) is 10.2 Å². The first kappa shape index (κ1) is 11.5. The van der Waals surface area contributed by atoms with Crippen LogP contribution < -0.4 is 0 Å². The lowest BCUT2D eigenvalue weighted by atomic mass is 9.98. The number of azo groups is 1. The lowest BCUT2D eigenvalue weighted by Crippen LogP contribution is -2.05. The van der Waals surface area contributed by atoms with E-state index in [1.54, 1.807) is 6.20 Å². The molecule has 0 amide bonds. The molecule has 0 fully saturated rings. The fourth-order valence-corrected chi connectivity index (χ4v) is 1.73. The maximum Gasteiger partial charge on any atom is 0.309 e. The second-order valence-electron chi connectivity index (χ2n) is 4.00. The lowest BCUT2D eigenvalue weighted by molar-refractivity contribution is -0.139. The van der Waals surface area contributed by atoms with Gasteiger partial charge in [-0.25, -0.2) is 0 Å². The lowest BCUT2D eigenvalue weighted by Gasteiger charge is -2.10. The van der Waals surface area contributed by atoms with Crippen molar-refractivity contribution in [2.75, 3.05) is 7.11 Å². The van der Waals surface area contributed by atoms with E-state index in [1.165, 1.54) is 12.7 Å². The van der Waals surface area contributed by atoms with E-state index in [-0.39, 0.29) is 18.4 Å². The molecule has 88 valence electrons. The van der Waals surface area contributed by atoms with Crippen molar-refractivity contribution in [1.82, 2.24) is 0 Å². The average molecular weight is 230 g/mol. The van der Waals surface area contributed by atoms with Gasteiger partial charge >= 0.3 is 5.97 Å². The molecule has 17 heavy (non-hydrogen) atoms. The zero-order chi connectivity index (χ0) is 12.3. The van der Waals surface area contributed by atoms with Crippen LogP contribution in [0.4, 0.5) is 0 Å². The third kappa shape index (κ3) is 2.58. The van der Waals surface area contributed by atoms with Crippen LogP contribution in [0.5, 0.6) is 0 Å². The van der Waals surface area contributed by atoms with Gasteiger partial charge in [0, 0.05) is 0 Å². The molecule has 0 aliphatic carbocycles. The van der Waals surface area contributed by atoms with Gasteiger partial charge in [-0.3, -0.25) is 4.79 Å². The highest BCUT2D eigenvalue weighted by molar-refractivity contribution is 5.72. The molecule has 0 spiro atoms. The van der Waals surface area contributed by atoms with Gasteiger partial charge in [-0.15, -0.1) is 0 Å². The normalized spacial score (nSPS) is 18.0. The van der Waals surface area contributed by atoms with Crippen molar-refractivity contribution in [2.45, 2.75) is 19.4 Å². The first-order chi connectivity index (χ1) is 8.20. The van der Waals surface area contributed by atoms with Gasteiger partial charge in [-0.1, -0.05) is 29.8 Å². The molecule has 2 rings (SSSR count). The van der Waals surface area contributed by atoms with Crippen LogP contribution in [0, 0.1) is 6.92 Å². The molecule has 0 bridgehead atoms. The number of benzene rings is 1. The Bertz CT molecular complexity index is 475. The first-order valence-corrected chi connectivity index (χ1v) is 5.43. The summed E-state index contributed by atoms with van der Waals surface area (Å²) >= 11 is 0. The molecule has 1 aliphatic rings. The second kappa shape index (κ2) is 4.91. The fraction of sp³-hybridized carbons (Fsp3) is 0.308. The summed E-state index contributed by atoms with van der Waals surface area (Å²) < 4.78 is 4.65. The van der Waals surface area contributed by atoms with Crippen molar-refractivity contribution in [3.8, 4) is 0 Å². The molecule has 0 saturated heterocycles. The zero-order valence-corrected chi connectivity index (χ0v) is 9.88. The highest BCUT2D eigenvalue weighted by Gasteiger charge is 2.22. The van der Waals surface area contributed by atoms with Crippen LogP contribution in [0.25, 0.3) is 0 Å². The molecule has 1 atom stereocenters. The Balaban J connectivity index is 2.16. The van der Waals surface area contributed by atoms with Crippen molar-refractivity contribution >= 4 is 5.97 Å². The van der Waals surface area contributed by atoms with E-state index in [2.05, 4.69) is 15.0 Å². The molecule has 4 heteroatoms. The number of methoxy groups -OCH3 is 1. The van der Waals surface area contributed by atoms with Crippen LogP contribution in [-0.4, -0.2) is 13.1 Å². The van der Waals surface area contributed by atoms with E-state index < -0.39 is 0 Å². The monoisotopic (exact) mass is 230 g/mol. The predicted molar refractivity (Wildman–Crippen MR) is 63.5 cm³/mol. The summed E-state index contributed by atoms with van der Waals surface area (Å²) in [5.41, 5.74) is 3.12. The molecule has 1 aromatic carbocycles. The van der Waals surface area contributed by atoms with Gasteiger partial charge in [0.1, 0.15) is 6.04 Å². The Morgan fingerprint density at radius 3 is 2.71 bits per heavy atom. The minimum Gasteiger partial charge on any atom is -0.469 e. The summed E-state index contributed by atoms with van der Waals surface area (Å²) in [6, 6.07) is 7.93. The number of hydrogen-bond acceptors (Lipinski definition) is 4. The minimum atomic E-state index is -0.263. The number of esters is 1. The number of ether oxygens (including phenoxy) is 1. The molecule has 0 saturated carbocycles. The summed E-state index contributed by atoms with van der Waals surface area (Å²) in [5, 5.41) is 8.02. The smallest absolute Gasteiger partial charge is 0.309 e. The topological polar surface area (TPSA) is 51.0 Å². The van der Waals surface area contributed by atoms with E-state index >= 15 is 0 Å². The van der Waals surface area contributed by atoms with Crippen LogP contribution in [-0.2, 0) is 9.53 Å². The van der Waals surface area contributed by atoms with E-state index in [9.17, 15) is 4.79 Å². The van der Waals surface area contributed by atoms with Crippen molar-refractivity contribution in [1.29, 1.82) is 0 Å². The number of rotatable bonds is 3. The number of nitrogens with zero attached hydrogens (tertiary/aromatic N) is 2. The molecular weight excluding hydrogens is 216 g/mol. The highest BCUT2D eigenvalue weighted by atomic mass is 16.5.